The van der Waals surface area contributed by atoms with Crippen LogP contribution in [0.4, 0.5) is 19.0 Å². The van der Waals surface area contributed by atoms with Crippen LogP contribution in [0, 0.1) is 13.8 Å². The molecule has 2 aromatic rings. The van der Waals surface area contributed by atoms with Gasteiger partial charge in [0.1, 0.15) is 11.6 Å². The third-order valence-electron chi connectivity index (χ3n) is 2.88. The predicted molar refractivity (Wildman–Crippen MR) is 70.1 cm³/mol. The molecule has 1 atom stereocenters. The molecule has 5 nitrogen and oxygen atoms in total. The van der Waals surface area contributed by atoms with Crippen molar-refractivity contribution in [1.29, 1.82) is 0 Å². The zero-order chi connectivity index (χ0) is 15.8. The smallest absolute Gasteiger partial charge is 0.363 e. The average Bonchev–Trinajstić information content (AvgIpc) is 2.67. The van der Waals surface area contributed by atoms with Crippen LogP contribution in [0.5, 0.6) is 0 Å². The van der Waals surface area contributed by atoms with Crippen LogP contribution in [-0.2, 0) is 6.18 Å². The molecule has 1 N–H and O–H groups in total. The van der Waals surface area contributed by atoms with Crippen molar-refractivity contribution in [3.8, 4) is 0 Å². The van der Waals surface area contributed by atoms with Crippen molar-refractivity contribution in [3.05, 3.63) is 34.1 Å². The Hall–Kier alpha value is -1.83. The van der Waals surface area contributed by atoms with Gasteiger partial charge in [-0.1, -0.05) is 5.16 Å². The molecule has 114 valence electrons. The molecule has 0 aliphatic carbocycles. The van der Waals surface area contributed by atoms with Gasteiger partial charge in [0.15, 0.2) is 5.69 Å². The van der Waals surface area contributed by atoms with Crippen molar-refractivity contribution in [2.24, 2.45) is 0 Å². The summed E-state index contributed by atoms with van der Waals surface area (Å²) < 4.78 is 43.1. The molecule has 0 radical (unpaired) electrons. The summed E-state index contributed by atoms with van der Waals surface area (Å²) in [6.07, 6.45) is -4.59. The van der Waals surface area contributed by atoms with Gasteiger partial charge in [0.05, 0.1) is 11.7 Å². The SMILES string of the molecule is Cc1noc(C)c1C(C)Nc1cc(C(F)(F)F)nc(Cl)n1. The number of halogens is 4. The monoisotopic (exact) mass is 320 g/mol. The second-order valence-electron chi connectivity index (χ2n) is 4.51. The first-order valence-electron chi connectivity index (χ1n) is 5.99. The van der Waals surface area contributed by atoms with E-state index in [1.165, 1.54) is 0 Å². The highest BCUT2D eigenvalue weighted by Crippen LogP contribution is 2.31. The van der Waals surface area contributed by atoms with Crippen molar-refractivity contribution in [2.45, 2.75) is 33.0 Å². The van der Waals surface area contributed by atoms with Crippen molar-refractivity contribution < 1.29 is 17.7 Å². The Labute approximate surface area is 123 Å². The predicted octanol–water partition coefficient (Wildman–Crippen LogP) is 3.93. The van der Waals surface area contributed by atoms with E-state index < -0.39 is 17.2 Å². The van der Waals surface area contributed by atoms with Crippen molar-refractivity contribution in [1.82, 2.24) is 15.1 Å². The molecule has 9 heteroatoms. The largest absolute Gasteiger partial charge is 0.433 e. The average molecular weight is 321 g/mol. The van der Waals surface area contributed by atoms with Crippen LogP contribution in [0.2, 0.25) is 5.28 Å². The van der Waals surface area contributed by atoms with Crippen molar-refractivity contribution in [2.75, 3.05) is 5.32 Å². The van der Waals surface area contributed by atoms with E-state index in [9.17, 15) is 13.2 Å². The molecular formula is C12H12ClF3N4O. The minimum Gasteiger partial charge on any atom is -0.363 e. The summed E-state index contributed by atoms with van der Waals surface area (Å²) in [6, 6.07) is 0.462. The molecule has 0 aromatic carbocycles. The van der Waals surface area contributed by atoms with Gasteiger partial charge in [-0.2, -0.15) is 13.2 Å². The van der Waals surface area contributed by atoms with Crippen LogP contribution < -0.4 is 5.32 Å². The lowest BCUT2D eigenvalue weighted by Crippen LogP contribution is -2.13. The Morgan fingerprint density at radius 2 is 1.95 bits per heavy atom. The lowest BCUT2D eigenvalue weighted by Gasteiger charge is -2.15. The first kappa shape index (κ1) is 15.6. The quantitative estimate of drug-likeness (QED) is 0.868. The summed E-state index contributed by atoms with van der Waals surface area (Å²) >= 11 is 5.53. The fourth-order valence-electron chi connectivity index (χ4n) is 2.04. The van der Waals surface area contributed by atoms with Gasteiger partial charge in [-0.15, -0.1) is 0 Å². The fraction of sp³-hybridized carbons (Fsp3) is 0.417. The van der Waals surface area contributed by atoms with Crippen molar-refractivity contribution in [3.63, 3.8) is 0 Å². The Morgan fingerprint density at radius 1 is 1.29 bits per heavy atom. The van der Waals surface area contributed by atoms with E-state index in [1.54, 1.807) is 20.8 Å². The van der Waals surface area contributed by atoms with E-state index >= 15 is 0 Å². The highest BCUT2D eigenvalue weighted by Gasteiger charge is 2.33. The van der Waals surface area contributed by atoms with E-state index in [1.807, 2.05) is 0 Å². The number of hydrogen-bond acceptors (Lipinski definition) is 5. The van der Waals surface area contributed by atoms with Crippen LogP contribution >= 0.6 is 11.6 Å². The maximum Gasteiger partial charge on any atom is 0.433 e. The molecule has 0 bridgehead atoms. The second kappa shape index (κ2) is 5.51. The standard InChI is InChI=1S/C12H12ClF3N4O/c1-5(10-6(2)20-21-7(10)3)17-9-4-8(12(14,15)16)18-11(13)19-9/h4-5H,1-3H3,(H,17,18,19). The van der Waals surface area contributed by atoms with Gasteiger partial charge in [0.25, 0.3) is 0 Å². The zero-order valence-corrected chi connectivity index (χ0v) is 12.2. The molecule has 2 heterocycles. The van der Waals surface area contributed by atoms with E-state index in [2.05, 4.69) is 20.4 Å². The van der Waals surface area contributed by atoms with Crippen LogP contribution in [0.25, 0.3) is 0 Å². The highest BCUT2D eigenvalue weighted by atomic mass is 35.5. The topological polar surface area (TPSA) is 63.8 Å². The summed E-state index contributed by atoms with van der Waals surface area (Å²) in [4.78, 5) is 6.92. The first-order valence-corrected chi connectivity index (χ1v) is 6.37. The first-order chi connectivity index (χ1) is 9.68. The number of anilines is 1. The van der Waals surface area contributed by atoms with E-state index in [0.717, 1.165) is 11.6 Å². The van der Waals surface area contributed by atoms with E-state index in [0.29, 0.717) is 11.5 Å². The van der Waals surface area contributed by atoms with Gasteiger partial charge in [0.2, 0.25) is 5.28 Å². The molecule has 0 saturated carbocycles. The molecule has 0 saturated heterocycles. The second-order valence-corrected chi connectivity index (χ2v) is 4.85. The Balaban J connectivity index is 2.30. The number of aryl methyl sites for hydroxylation is 2. The van der Waals surface area contributed by atoms with Crippen molar-refractivity contribution >= 4 is 17.4 Å². The van der Waals surface area contributed by atoms with Crippen LogP contribution in [-0.4, -0.2) is 15.1 Å². The minimum atomic E-state index is -4.59. The third kappa shape index (κ3) is 3.44. The Morgan fingerprint density at radius 3 is 2.48 bits per heavy atom. The summed E-state index contributed by atoms with van der Waals surface area (Å²) in [6.45, 7) is 5.23. The number of alkyl halides is 3. The number of nitrogens with one attached hydrogen (secondary N) is 1. The zero-order valence-electron chi connectivity index (χ0n) is 11.4. The normalized spacial score (nSPS) is 13.3. The van der Waals surface area contributed by atoms with Gasteiger partial charge < -0.3 is 9.84 Å². The molecule has 0 amide bonds. The van der Waals surface area contributed by atoms with Gasteiger partial charge in [-0.3, -0.25) is 0 Å². The molecule has 0 fully saturated rings. The van der Waals surface area contributed by atoms with Gasteiger partial charge in [0, 0.05) is 11.6 Å². The summed E-state index contributed by atoms with van der Waals surface area (Å²) in [5.41, 5.74) is 0.318. The number of aromatic nitrogens is 3. The minimum absolute atomic E-state index is 0.0187. The molecular weight excluding hydrogens is 309 g/mol. The Kier molecular flexibility index (Phi) is 4.08. The highest BCUT2D eigenvalue weighted by molar-refractivity contribution is 6.28. The molecule has 0 spiro atoms. The summed E-state index contributed by atoms with van der Waals surface area (Å²) in [5.74, 6) is 0.568. The van der Waals surface area contributed by atoms with E-state index in [4.69, 9.17) is 16.1 Å². The number of rotatable bonds is 3. The van der Waals surface area contributed by atoms with Gasteiger partial charge in [-0.25, -0.2) is 9.97 Å². The molecule has 2 rings (SSSR count). The fourth-order valence-corrected chi connectivity index (χ4v) is 2.22. The van der Waals surface area contributed by atoms with Crippen LogP contribution in [0.3, 0.4) is 0 Å². The summed E-state index contributed by atoms with van der Waals surface area (Å²) in [5, 5.41) is 6.17. The maximum absolute atomic E-state index is 12.7. The molecule has 0 aliphatic rings. The Bertz CT molecular complexity index is 637. The maximum atomic E-state index is 12.7. The number of nitrogens with zero attached hydrogens (tertiary/aromatic N) is 3. The lowest BCUT2D eigenvalue weighted by molar-refractivity contribution is -0.141. The van der Waals surface area contributed by atoms with Crippen LogP contribution in [0.1, 0.15) is 35.7 Å². The van der Waals surface area contributed by atoms with Gasteiger partial charge >= 0.3 is 6.18 Å². The number of hydrogen-bond donors (Lipinski definition) is 1. The van der Waals surface area contributed by atoms with Crippen LogP contribution in [0.15, 0.2) is 10.6 Å². The summed E-state index contributed by atoms with van der Waals surface area (Å²) in [7, 11) is 0. The lowest BCUT2D eigenvalue weighted by atomic mass is 10.1. The molecule has 0 aliphatic heterocycles. The van der Waals surface area contributed by atoms with Gasteiger partial charge in [-0.05, 0) is 32.4 Å². The molecule has 1 unspecified atom stereocenters. The molecule has 21 heavy (non-hydrogen) atoms. The third-order valence-corrected chi connectivity index (χ3v) is 3.04. The molecule has 2 aromatic heterocycles. The van der Waals surface area contributed by atoms with E-state index in [-0.39, 0.29) is 11.9 Å².